The lowest BCUT2D eigenvalue weighted by atomic mass is 10.1. The van der Waals surface area contributed by atoms with Gasteiger partial charge in [0.25, 0.3) is 0 Å². The SMILES string of the molecule is CC(ON1C(N)=NC(N)=NC1(C)C)c1ccc(Cl)cc1Cl. The molecular formula is C13H17Cl2N5O. The Morgan fingerprint density at radius 3 is 2.52 bits per heavy atom. The first-order valence-corrected chi connectivity index (χ1v) is 7.08. The van der Waals surface area contributed by atoms with Gasteiger partial charge in [0.05, 0.1) is 0 Å². The number of halogens is 2. The topological polar surface area (TPSA) is 89.2 Å². The molecule has 0 saturated carbocycles. The normalized spacial score (nSPS) is 19.0. The van der Waals surface area contributed by atoms with E-state index in [2.05, 4.69) is 9.98 Å². The molecule has 1 aromatic carbocycles. The van der Waals surface area contributed by atoms with Gasteiger partial charge >= 0.3 is 0 Å². The number of hydroxylamine groups is 2. The van der Waals surface area contributed by atoms with Gasteiger partial charge in [-0.25, -0.2) is 4.99 Å². The van der Waals surface area contributed by atoms with Crippen molar-refractivity contribution in [3.8, 4) is 0 Å². The van der Waals surface area contributed by atoms with Crippen molar-refractivity contribution in [1.82, 2.24) is 5.06 Å². The van der Waals surface area contributed by atoms with Crippen LogP contribution in [0.15, 0.2) is 28.2 Å². The molecule has 6 nitrogen and oxygen atoms in total. The number of nitrogens with zero attached hydrogens (tertiary/aromatic N) is 3. The zero-order chi connectivity index (χ0) is 15.8. The van der Waals surface area contributed by atoms with E-state index in [4.69, 9.17) is 39.5 Å². The first-order valence-electron chi connectivity index (χ1n) is 6.32. The molecule has 0 radical (unpaired) electrons. The fourth-order valence-corrected chi connectivity index (χ4v) is 2.59. The largest absolute Gasteiger partial charge is 0.368 e. The van der Waals surface area contributed by atoms with Crippen molar-refractivity contribution in [2.75, 3.05) is 0 Å². The summed E-state index contributed by atoms with van der Waals surface area (Å²) >= 11 is 12.1. The highest BCUT2D eigenvalue weighted by molar-refractivity contribution is 6.35. The van der Waals surface area contributed by atoms with Crippen LogP contribution in [-0.2, 0) is 4.84 Å². The van der Waals surface area contributed by atoms with E-state index < -0.39 is 5.66 Å². The van der Waals surface area contributed by atoms with E-state index in [0.29, 0.717) is 10.0 Å². The fourth-order valence-electron chi connectivity index (χ4n) is 2.02. The standard InChI is InChI=1S/C13H17Cl2N5O/c1-7(9-5-4-8(14)6-10(9)15)21-20-12(17)18-11(16)19-13(20,2)3/h4-7H,1-3H3,(H4,16,17,18,19). The van der Waals surface area contributed by atoms with Gasteiger partial charge in [-0.3, -0.25) is 4.84 Å². The number of nitrogens with two attached hydrogens (primary N) is 2. The molecule has 4 N–H and O–H groups in total. The Bertz CT molecular complexity index is 615. The van der Waals surface area contributed by atoms with Crippen LogP contribution >= 0.6 is 23.2 Å². The molecular weight excluding hydrogens is 313 g/mol. The van der Waals surface area contributed by atoms with Crippen molar-refractivity contribution in [3.63, 3.8) is 0 Å². The summed E-state index contributed by atoms with van der Waals surface area (Å²) in [5.74, 6) is 0.263. The van der Waals surface area contributed by atoms with Gasteiger partial charge in [-0.15, -0.1) is 0 Å². The van der Waals surface area contributed by atoms with Crippen LogP contribution in [0.4, 0.5) is 0 Å². The average Bonchev–Trinajstić information content (AvgIpc) is 2.32. The molecule has 0 aromatic heterocycles. The molecule has 1 atom stereocenters. The summed E-state index contributed by atoms with van der Waals surface area (Å²) in [6.07, 6.45) is -0.364. The summed E-state index contributed by atoms with van der Waals surface area (Å²) in [5, 5.41) is 2.50. The zero-order valence-electron chi connectivity index (χ0n) is 12.0. The Morgan fingerprint density at radius 1 is 1.29 bits per heavy atom. The smallest absolute Gasteiger partial charge is 0.226 e. The molecule has 1 heterocycles. The molecule has 0 fully saturated rings. The van der Waals surface area contributed by atoms with Crippen molar-refractivity contribution in [2.24, 2.45) is 21.5 Å². The van der Waals surface area contributed by atoms with E-state index in [0.717, 1.165) is 5.56 Å². The predicted octanol–water partition coefficient (Wildman–Crippen LogP) is 2.67. The summed E-state index contributed by atoms with van der Waals surface area (Å²) in [4.78, 5) is 14.0. The van der Waals surface area contributed by atoms with E-state index in [1.807, 2.05) is 20.8 Å². The van der Waals surface area contributed by atoms with Crippen LogP contribution in [0.2, 0.25) is 10.0 Å². The van der Waals surface area contributed by atoms with Crippen LogP contribution in [-0.4, -0.2) is 22.6 Å². The van der Waals surface area contributed by atoms with E-state index in [1.165, 1.54) is 5.06 Å². The maximum Gasteiger partial charge on any atom is 0.226 e. The summed E-state index contributed by atoms with van der Waals surface area (Å²) < 4.78 is 0. The Labute approximate surface area is 133 Å². The third-order valence-corrected chi connectivity index (χ3v) is 3.55. The molecule has 0 aliphatic carbocycles. The van der Waals surface area contributed by atoms with Crippen molar-refractivity contribution in [1.29, 1.82) is 0 Å². The first kappa shape index (κ1) is 15.9. The van der Waals surface area contributed by atoms with Gasteiger partial charge in [-0.05, 0) is 32.9 Å². The van der Waals surface area contributed by atoms with Gasteiger partial charge in [0.15, 0.2) is 5.66 Å². The lowest BCUT2D eigenvalue weighted by Gasteiger charge is -2.38. The number of hydrogen-bond acceptors (Lipinski definition) is 6. The highest BCUT2D eigenvalue weighted by atomic mass is 35.5. The van der Waals surface area contributed by atoms with Crippen LogP contribution in [0, 0.1) is 0 Å². The third-order valence-electron chi connectivity index (χ3n) is 2.99. The Morgan fingerprint density at radius 2 is 1.95 bits per heavy atom. The molecule has 1 unspecified atom stereocenters. The van der Waals surface area contributed by atoms with Crippen LogP contribution in [0.25, 0.3) is 0 Å². The van der Waals surface area contributed by atoms with E-state index in [1.54, 1.807) is 18.2 Å². The maximum atomic E-state index is 6.18. The number of aliphatic imine (C=N–C) groups is 2. The minimum absolute atomic E-state index is 0.120. The molecule has 114 valence electrons. The second kappa shape index (κ2) is 5.71. The van der Waals surface area contributed by atoms with Crippen molar-refractivity contribution >= 4 is 35.1 Å². The summed E-state index contributed by atoms with van der Waals surface area (Å²) in [6, 6.07) is 5.21. The van der Waals surface area contributed by atoms with Crippen molar-refractivity contribution < 1.29 is 4.84 Å². The van der Waals surface area contributed by atoms with Crippen LogP contribution in [0.3, 0.4) is 0 Å². The molecule has 0 spiro atoms. The van der Waals surface area contributed by atoms with Crippen LogP contribution < -0.4 is 11.5 Å². The van der Waals surface area contributed by atoms with Gasteiger partial charge in [-0.1, -0.05) is 29.3 Å². The van der Waals surface area contributed by atoms with Crippen LogP contribution in [0.5, 0.6) is 0 Å². The number of rotatable bonds is 3. The average molecular weight is 330 g/mol. The Kier molecular flexibility index (Phi) is 4.32. The Hall–Kier alpha value is -1.50. The molecule has 1 aliphatic heterocycles. The van der Waals surface area contributed by atoms with Crippen LogP contribution in [0.1, 0.15) is 32.4 Å². The first-order chi connectivity index (χ1) is 9.70. The highest BCUT2D eigenvalue weighted by Crippen LogP contribution is 2.31. The monoisotopic (exact) mass is 329 g/mol. The van der Waals surface area contributed by atoms with Crippen molar-refractivity contribution in [2.45, 2.75) is 32.5 Å². The van der Waals surface area contributed by atoms with Crippen molar-refractivity contribution in [3.05, 3.63) is 33.8 Å². The van der Waals surface area contributed by atoms with Gasteiger partial charge in [0.1, 0.15) is 6.10 Å². The predicted molar refractivity (Wildman–Crippen MR) is 85.1 cm³/mol. The van der Waals surface area contributed by atoms with E-state index in [-0.39, 0.29) is 18.0 Å². The quantitative estimate of drug-likeness (QED) is 0.892. The second-order valence-electron chi connectivity index (χ2n) is 5.14. The van der Waals surface area contributed by atoms with E-state index in [9.17, 15) is 0 Å². The van der Waals surface area contributed by atoms with Gasteiger partial charge in [-0.2, -0.15) is 10.1 Å². The fraction of sp³-hybridized carbons (Fsp3) is 0.385. The molecule has 21 heavy (non-hydrogen) atoms. The number of guanidine groups is 2. The van der Waals surface area contributed by atoms with Gasteiger partial charge in [0.2, 0.25) is 11.9 Å². The van der Waals surface area contributed by atoms with Gasteiger partial charge < -0.3 is 11.5 Å². The minimum Gasteiger partial charge on any atom is -0.368 e. The molecule has 2 rings (SSSR count). The number of benzene rings is 1. The second-order valence-corrected chi connectivity index (χ2v) is 5.99. The minimum atomic E-state index is -0.761. The molecule has 1 aromatic rings. The lowest BCUT2D eigenvalue weighted by molar-refractivity contribution is -0.191. The van der Waals surface area contributed by atoms with E-state index >= 15 is 0 Å². The summed E-state index contributed by atoms with van der Waals surface area (Å²) in [7, 11) is 0. The summed E-state index contributed by atoms with van der Waals surface area (Å²) in [6.45, 7) is 5.48. The highest BCUT2D eigenvalue weighted by Gasteiger charge is 2.34. The third kappa shape index (κ3) is 3.40. The Balaban J connectivity index is 2.23. The van der Waals surface area contributed by atoms with Gasteiger partial charge in [0, 0.05) is 15.6 Å². The molecule has 8 heteroatoms. The lowest BCUT2D eigenvalue weighted by Crippen LogP contribution is -2.53. The number of hydrogen-bond donors (Lipinski definition) is 2. The molecule has 0 saturated heterocycles. The zero-order valence-corrected chi connectivity index (χ0v) is 13.5. The molecule has 0 amide bonds. The maximum absolute atomic E-state index is 6.18. The summed E-state index contributed by atoms with van der Waals surface area (Å²) in [5.41, 5.74) is 11.5. The molecule has 1 aliphatic rings. The molecule has 0 bridgehead atoms.